The van der Waals surface area contributed by atoms with Gasteiger partial charge in [-0.25, -0.2) is 4.79 Å². The van der Waals surface area contributed by atoms with Crippen molar-refractivity contribution < 1.29 is 29.0 Å². The third-order valence-corrected chi connectivity index (χ3v) is 9.21. The van der Waals surface area contributed by atoms with Crippen LogP contribution >= 0.6 is 11.6 Å². The molecule has 0 saturated carbocycles. The minimum atomic E-state index is -1.27. The SMILES string of the molecule is CC(C)(C)c1ccc(COc2ccccc2-c2ccc(CC(NC(=O)c3cc(Cl)ccc3NC(=O)c3ccc(Oc4ccccc4)cc3)C(=O)O)cc2)cc1. The fourth-order valence-corrected chi connectivity index (χ4v) is 6.06. The number of hydrogen-bond donors (Lipinski definition) is 3. The molecule has 6 aromatic carbocycles. The van der Waals surface area contributed by atoms with Crippen molar-refractivity contribution in [1.82, 2.24) is 5.32 Å². The summed E-state index contributed by atoms with van der Waals surface area (Å²) >= 11 is 6.24. The van der Waals surface area contributed by atoms with Crippen LogP contribution in [0.1, 0.15) is 58.2 Å². The molecule has 278 valence electrons. The molecule has 6 aromatic rings. The number of halogens is 1. The number of carbonyl (C=O) groups excluding carboxylic acids is 2. The summed E-state index contributed by atoms with van der Waals surface area (Å²) in [4.78, 5) is 39.1. The van der Waals surface area contributed by atoms with Gasteiger partial charge in [-0.1, -0.05) is 117 Å². The van der Waals surface area contributed by atoms with Gasteiger partial charge < -0.3 is 25.2 Å². The third-order valence-electron chi connectivity index (χ3n) is 8.98. The number of carboxylic acid groups (broad SMARTS) is 1. The number of anilines is 1. The first-order valence-electron chi connectivity index (χ1n) is 17.8. The van der Waals surface area contributed by atoms with Crippen LogP contribution in [0.15, 0.2) is 146 Å². The van der Waals surface area contributed by atoms with Gasteiger partial charge in [0.1, 0.15) is 29.9 Å². The van der Waals surface area contributed by atoms with E-state index in [4.69, 9.17) is 21.1 Å². The standard InChI is InChI=1S/C46H41ClN2O6/c1-46(2,3)34-21-15-31(16-22-34)29-54-42-12-8-7-11-38(42)32-17-13-30(14-18-32)27-41(45(52)53)49-44(51)39-28-35(47)23-26-40(39)48-43(50)33-19-24-37(25-20-33)55-36-9-5-4-6-10-36/h4-26,28,41H,27,29H2,1-3H3,(H,48,50)(H,49,51)(H,52,53). The van der Waals surface area contributed by atoms with E-state index in [0.29, 0.717) is 29.2 Å². The molecular weight excluding hydrogens is 712 g/mol. The van der Waals surface area contributed by atoms with Crippen molar-refractivity contribution in [2.24, 2.45) is 0 Å². The smallest absolute Gasteiger partial charge is 0.326 e. The Bertz CT molecular complexity index is 2270. The molecule has 0 aromatic heterocycles. The van der Waals surface area contributed by atoms with Crippen LogP contribution in [0.2, 0.25) is 5.02 Å². The Kier molecular flexibility index (Phi) is 12.0. The van der Waals surface area contributed by atoms with E-state index in [9.17, 15) is 19.5 Å². The maximum atomic E-state index is 13.5. The molecule has 0 radical (unpaired) electrons. The number of rotatable bonds is 13. The van der Waals surface area contributed by atoms with Gasteiger partial charge in [-0.3, -0.25) is 9.59 Å². The molecule has 55 heavy (non-hydrogen) atoms. The highest BCUT2D eigenvalue weighted by molar-refractivity contribution is 6.31. The van der Waals surface area contributed by atoms with Gasteiger partial charge in [0.2, 0.25) is 0 Å². The average molecular weight is 753 g/mol. The highest BCUT2D eigenvalue weighted by Crippen LogP contribution is 2.31. The van der Waals surface area contributed by atoms with E-state index in [0.717, 1.165) is 22.4 Å². The van der Waals surface area contributed by atoms with Gasteiger partial charge in [0, 0.05) is 22.6 Å². The lowest BCUT2D eigenvalue weighted by Gasteiger charge is -2.19. The molecule has 1 atom stereocenters. The van der Waals surface area contributed by atoms with E-state index in [1.165, 1.54) is 23.8 Å². The molecule has 0 saturated heterocycles. The molecule has 0 heterocycles. The molecule has 9 heteroatoms. The minimum Gasteiger partial charge on any atom is -0.488 e. The largest absolute Gasteiger partial charge is 0.488 e. The average Bonchev–Trinajstić information content (AvgIpc) is 3.18. The quantitative estimate of drug-likeness (QED) is 0.108. The molecule has 3 N–H and O–H groups in total. The molecule has 0 spiro atoms. The molecule has 0 bridgehead atoms. The minimum absolute atomic E-state index is 0.0176. The Hall–Kier alpha value is -6.38. The number of para-hydroxylation sites is 2. The zero-order valence-corrected chi connectivity index (χ0v) is 31.5. The molecule has 0 fully saturated rings. The molecular formula is C46H41ClN2O6. The fraction of sp³-hybridized carbons (Fsp3) is 0.152. The van der Waals surface area contributed by atoms with Gasteiger partial charge >= 0.3 is 5.97 Å². The van der Waals surface area contributed by atoms with E-state index in [-0.39, 0.29) is 28.1 Å². The van der Waals surface area contributed by atoms with Crippen LogP contribution in [0.4, 0.5) is 5.69 Å². The topological polar surface area (TPSA) is 114 Å². The number of hydrogen-bond acceptors (Lipinski definition) is 5. The summed E-state index contributed by atoms with van der Waals surface area (Å²) in [6, 6.07) is 42.6. The number of nitrogens with one attached hydrogen (secondary N) is 2. The summed E-state index contributed by atoms with van der Waals surface area (Å²) in [6.07, 6.45) is 0.0176. The Labute approximate surface area is 325 Å². The molecule has 8 nitrogen and oxygen atoms in total. The predicted molar refractivity (Wildman–Crippen MR) is 216 cm³/mol. The lowest BCUT2D eigenvalue weighted by molar-refractivity contribution is -0.139. The number of carboxylic acids is 1. The van der Waals surface area contributed by atoms with Gasteiger partial charge in [0.05, 0.1) is 11.3 Å². The molecule has 1 unspecified atom stereocenters. The molecule has 2 amide bonds. The summed E-state index contributed by atoms with van der Waals surface area (Å²) in [7, 11) is 0. The number of benzene rings is 6. The van der Waals surface area contributed by atoms with Crippen LogP contribution in [0.3, 0.4) is 0 Å². The van der Waals surface area contributed by atoms with Crippen molar-refractivity contribution in [3.63, 3.8) is 0 Å². The maximum Gasteiger partial charge on any atom is 0.326 e. The van der Waals surface area contributed by atoms with Gasteiger partial charge in [0.15, 0.2) is 0 Å². The second-order valence-electron chi connectivity index (χ2n) is 14.1. The Morgan fingerprint density at radius 2 is 1.35 bits per heavy atom. The predicted octanol–water partition coefficient (Wildman–Crippen LogP) is 10.4. The summed E-state index contributed by atoms with van der Waals surface area (Å²) < 4.78 is 12.0. The second-order valence-corrected chi connectivity index (χ2v) is 14.5. The van der Waals surface area contributed by atoms with Crippen LogP contribution in [0, 0.1) is 0 Å². The van der Waals surface area contributed by atoms with Gasteiger partial charge in [0.25, 0.3) is 11.8 Å². The molecule has 0 aliphatic rings. The number of aliphatic carboxylic acids is 1. The van der Waals surface area contributed by atoms with Gasteiger partial charge in [-0.15, -0.1) is 0 Å². The molecule has 0 aliphatic carbocycles. The highest BCUT2D eigenvalue weighted by atomic mass is 35.5. The van der Waals surface area contributed by atoms with Crippen LogP contribution in [0.5, 0.6) is 17.2 Å². The van der Waals surface area contributed by atoms with E-state index in [1.807, 2.05) is 78.9 Å². The summed E-state index contributed by atoms with van der Waals surface area (Å²) in [5.74, 6) is -0.446. The first-order chi connectivity index (χ1) is 26.4. The first kappa shape index (κ1) is 38.3. The van der Waals surface area contributed by atoms with Crippen molar-refractivity contribution in [3.8, 4) is 28.4 Å². The highest BCUT2D eigenvalue weighted by Gasteiger charge is 2.24. The van der Waals surface area contributed by atoms with Crippen molar-refractivity contribution in [2.75, 3.05) is 5.32 Å². The Morgan fingerprint density at radius 3 is 2.02 bits per heavy atom. The van der Waals surface area contributed by atoms with E-state index >= 15 is 0 Å². The zero-order valence-electron chi connectivity index (χ0n) is 30.7. The molecule has 0 aliphatic heterocycles. The number of amides is 2. The number of carbonyl (C=O) groups is 3. The van der Waals surface area contributed by atoms with Gasteiger partial charge in [-0.05, 0) is 88.3 Å². The normalized spacial score (nSPS) is 11.6. The van der Waals surface area contributed by atoms with Crippen molar-refractivity contribution in [1.29, 1.82) is 0 Å². The Balaban J connectivity index is 1.10. The lowest BCUT2D eigenvalue weighted by atomic mass is 9.87. The number of ether oxygens (including phenoxy) is 2. The molecule has 6 rings (SSSR count). The fourth-order valence-electron chi connectivity index (χ4n) is 5.89. The lowest BCUT2D eigenvalue weighted by Crippen LogP contribution is -2.42. The third kappa shape index (κ3) is 10.2. The van der Waals surface area contributed by atoms with Crippen LogP contribution in [-0.4, -0.2) is 28.9 Å². The van der Waals surface area contributed by atoms with E-state index < -0.39 is 23.8 Å². The summed E-state index contributed by atoms with van der Waals surface area (Å²) in [6.45, 7) is 6.96. The van der Waals surface area contributed by atoms with Crippen molar-refractivity contribution >= 4 is 35.1 Å². The van der Waals surface area contributed by atoms with E-state index in [1.54, 1.807) is 24.3 Å². The van der Waals surface area contributed by atoms with Gasteiger partial charge in [-0.2, -0.15) is 0 Å². The summed E-state index contributed by atoms with van der Waals surface area (Å²) in [5, 5.41) is 15.7. The maximum absolute atomic E-state index is 13.5. The summed E-state index contributed by atoms with van der Waals surface area (Å²) in [5.41, 5.74) is 5.41. The monoisotopic (exact) mass is 752 g/mol. The van der Waals surface area contributed by atoms with Crippen LogP contribution in [-0.2, 0) is 23.2 Å². The van der Waals surface area contributed by atoms with Crippen molar-refractivity contribution in [2.45, 2.75) is 45.3 Å². The zero-order chi connectivity index (χ0) is 39.0. The second kappa shape index (κ2) is 17.2. The first-order valence-corrected chi connectivity index (χ1v) is 18.2. The van der Waals surface area contributed by atoms with Crippen LogP contribution < -0.4 is 20.1 Å². The van der Waals surface area contributed by atoms with Crippen molar-refractivity contribution in [3.05, 3.63) is 178 Å². The Morgan fingerprint density at radius 1 is 0.709 bits per heavy atom. The van der Waals surface area contributed by atoms with E-state index in [2.05, 4.69) is 55.7 Å². The van der Waals surface area contributed by atoms with Crippen LogP contribution in [0.25, 0.3) is 11.1 Å².